The van der Waals surface area contributed by atoms with Crippen molar-refractivity contribution in [1.29, 1.82) is 0 Å². The van der Waals surface area contributed by atoms with Crippen molar-refractivity contribution < 1.29 is 0 Å². The first kappa shape index (κ1) is 16.0. The van der Waals surface area contributed by atoms with Crippen molar-refractivity contribution in [3.05, 3.63) is 0 Å². The minimum Gasteiger partial charge on any atom is -0.116 e. The van der Waals surface area contributed by atoms with E-state index in [1.54, 1.807) is 0 Å². The van der Waals surface area contributed by atoms with Crippen LogP contribution in [0.3, 0.4) is 0 Å². The van der Waals surface area contributed by atoms with E-state index in [4.69, 9.17) is 6.42 Å². The van der Waals surface area contributed by atoms with Crippen LogP contribution in [0.25, 0.3) is 0 Å². The highest BCUT2D eigenvalue weighted by atomic mass is 31.2. The van der Waals surface area contributed by atoms with Crippen LogP contribution in [-0.4, -0.2) is 24.6 Å². The van der Waals surface area contributed by atoms with E-state index in [9.17, 15) is 0 Å². The normalized spacial score (nSPS) is 11.4. The average Bonchev–Trinajstić information content (AvgIpc) is 2.31. The highest BCUT2D eigenvalue weighted by molar-refractivity contribution is 7.76. The van der Waals surface area contributed by atoms with E-state index in [-0.39, 0.29) is 0 Å². The van der Waals surface area contributed by atoms with E-state index in [2.05, 4.69) is 26.7 Å². The van der Waals surface area contributed by atoms with Gasteiger partial charge in [0.15, 0.2) is 0 Å². The van der Waals surface area contributed by atoms with Crippen LogP contribution in [0.1, 0.15) is 59.3 Å². The van der Waals surface area contributed by atoms with Crippen LogP contribution >= 0.6 is 7.26 Å². The molecule has 0 saturated carbocycles. The van der Waals surface area contributed by atoms with Gasteiger partial charge >= 0.3 is 0 Å². The summed E-state index contributed by atoms with van der Waals surface area (Å²) in [6.07, 6.45) is 19.2. The van der Waals surface area contributed by atoms with Gasteiger partial charge in [0.05, 0.1) is 18.5 Å². The highest BCUT2D eigenvalue weighted by Crippen LogP contribution is 2.60. The molecule has 0 unspecified atom stereocenters. The minimum atomic E-state index is -0.782. The zero-order chi connectivity index (χ0) is 12.3. The van der Waals surface area contributed by atoms with Gasteiger partial charge in [0.2, 0.25) is 0 Å². The molecule has 0 aliphatic carbocycles. The lowest BCUT2D eigenvalue weighted by atomic mass is 10.4. The van der Waals surface area contributed by atoms with Gasteiger partial charge in [0.25, 0.3) is 0 Å². The van der Waals surface area contributed by atoms with Crippen LogP contribution in [0.4, 0.5) is 0 Å². The fourth-order valence-electron chi connectivity index (χ4n) is 2.25. The number of terminal acetylenes is 1. The molecule has 0 aromatic rings. The molecular formula is C15H30P+. The maximum atomic E-state index is 5.61. The molecule has 0 fully saturated rings. The van der Waals surface area contributed by atoms with Crippen molar-refractivity contribution in [3.63, 3.8) is 0 Å². The van der Waals surface area contributed by atoms with Gasteiger partial charge < -0.3 is 0 Å². The molecule has 0 bridgehead atoms. The largest absolute Gasteiger partial charge is 0.119 e. The van der Waals surface area contributed by atoms with Gasteiger partial charge in [-0.05, 0) is 19.3 Å². The molecule has 0 aliphatic rings. The Morgan fingerprint density at radius 1 is 0.812 bits per heavy atom. The molecular weight excluding hydrogens is 211 g/mol. The molecule has 0 spiro atoms. The smallest absolute Gasteiger partial charge is 0.116 e. The fourth-order valence-corrected chi connectivity index (χ4v) is 6.74. The van der Waals surface area contributed by atoms with Gasteiger partial charge in [0.1, 0.15) is 6.16 Å². The Morgan fingerprint density at radius 3 is 1.44 bits per heavy atom. The molecule has 0 nitrogen and oxygen atoms in total. The molecule has 1 heteroatoms. The summed E-state index contributed by atoms with van der Waals surface area (Å²) in [6.45, 7) is 6.89. The molecule has 0 atom stereocenters. The first-order valence-electron chi connectivity index (χ1n) is 7.03. The number of hydrogen-bond donors (Lipinski definition) is 0. The van der Waals surface area contributed by atoms with Crippen LogP contribution in [0.15, 0.2) is 0 Å². The van der Waals surface area contributed by atoms with E-state index in [1.807, 2.05) is 0 Å². The Hall–Kier alpha value is -0.0100. The lowest BCUT2D eigenvalue weighted by Crippen LogP contribution is -2.11. The number of hydrogen-bond acceptors (Lipinski definition) is 0. The Balaban J connectivity index is 4.39. The van der Waals surface area contributed by atoms with Gasteiger partial charge in [-0.3, -0.25) is 0 Å². The molecule has 0 aromatic carbocycles. The summed E-state index contributed by atoms with van der Waals surface area (Å²) in [4.78, 5) is 0. The first-order valence-corrected chi connectivity index (χ1v) is 9.56. The molecule has 16 heavy (non-hydrogen) atoms. The van der Waals surface area contributed by atoms with Crippen LogP contribution in [0.5, 0.6) is 0 Å². The summed E-state index contributed by atoms with van der Waals surface area (Å²) in [6, 6.07) is 0. The second kappa shape index (κ2) is 10.2. The summed E-state index contributed by atoms with van der Waals surface area (Å²) >= 11 is 0. The highest BCUT2D eigenvalue weighted by Gasteiger charge is 2.34. The summed E-state index contributed by atoms with van der Waals surface area (Å²) in [5.41, 5.74) is 0. The molecule has 0 aliphatic heterocycles. The second-order valence-corrected chi connectivity index (χ2v) is 9.28. The van der Waals surface area contributed by atoms with Crippen LogP contribution in [0.2, 0.25) is 0 Å². The van der Waals surface area contributed by atoms with Crippen molar-refractivity contribution in [2.45, 2.75) is 59.3 Å². The van der Waals surface area contributed by atoms with Gasteiger partial charge in [-0.1, -0.05) is 46.0 Å². The molecule has 0 rings (SSSR count). The molecule has 0 heterocycles. The zero-order valence-corrected chi connectivity index (χ0v) is 12.5. The SMILES string of the molecule is C#CC[P+](CCCC)(CCCC)CCCC. The molecule has 0 N–H and O–H groups in total. The van der Waals surface area contributed by atoms with Gasteiger partial charge in [-0.25, -0.2) is 0 Å². The van der Waals surface area contributed by atoms with Gasteiger partial charge in [-0.2, -0.15) is 0 Å². The topological polar surface area (TPSA) is 0 Å². The molecule has 0 radical (unpaired) electrons. The number of rotatable bonds is 10. The second-order valence-electron chi connectivity index (χ2n) is 4.94. The van der Waals surface area contributed by atoms with E-state index < -0.39 is 7.26 Å². The third-order valence-corrected chi connectivity index (χ3v) is 8.03. The van der Waals surface area contributed by atoms with Gasteiger partial charge in [-0.15, -0.1) is 6.42 Å². The number of unbranched alkanes of at least 4 members (excludes halogenated alkanes) is 3. The Labute approximate surface area is 104 Å². The van der Waals surface area contributed by atoms with Crippen LogP contribution in [0, 0.1) is 12.3 Å². The Bertz CT molecular complexity index is 168. The van der Waals surface area contributed by atoms with Crippen LogP contribution < -0.4 is 0 Å². The lowest BCUT2D eigenvalue weighted by Gasteiger charge is -2.25. The van der Waals surface area contributed by atoms with Crippen molar-refractivity contribution in [1.82, 2.24) is 0 Å². The monoisotopic (exact) mass is 241 g/mol. The van der Waals surface area contributed by atoms with E-state index in [1.165, 1.54) is 57.0 Å². The summed E-state index contributed by atoms with van der Waals surface area (Å²) in [7, 11) is -0.782. The first-order chi connectivity index (χ1) is 7.74. The van der Waals surface area contributed by atoms with Gasteiger partial charge in [0, 0.05) is 7.26 Å². The Kier molecular flexibility index (Phi) is 10.2. The minimum absolute atomic E-state index is 0.782. The third-order valence-electron chi connectivity index (χ3n) is 3.38. The molecule has 0 amide bonds. The fraction of sp³-hybridized carbons (Fsp3) is 0.867. The van der Waals surface area contributed by atoms with Crippen molar-refractivity contribution in [3.8, 4) is 12.3 Å². The average molecular weight is 241 g/mol. The predicted octanol–water partition coefficient (Wildman–Crippen LogP) is 5.04. The summed E-state index contributed by atoms with van der Waals surface area (Å²) < 4.78 is 0. The van der Waals surface area contributed by atoms with Crippen molar-refractivity contribution in [2.24, 2.45) is 0 Å². The molecule has 0 aromatic heterocycles. The maximum absolute atomic E-state index is 5.61. The predicted molar refractivity (Wildman–Crippen MR) is 79.9 cm³/mol. The lowest BCUT2D eigenvalue weighted by molar-refractivity contribution is 0.836. The third kappa shape index (κ3) is 6.55. The molecule has 0 saturated heterocycles. The van der Waals surface area contributed by atoms with E-state index >= 15 is 0 Å². The van der Waals surface area contributed by atoms with E-state index in [0.29, 0.717) is 0 Å². The summed E-state index contributed by atoms with van der Waals surface area (Å²) in [5, 5.41) is 0. The quantitative estimate of drug-likeness (QED) is 0.371. The molecule has 94 valence electrons. The Morgan fingerprint density at radius 2 is 1.19 bits per heavy atom. The zero-order valence-electron chi connectivity index (χ0n) is 11.6. The maximum Gasteiger partial charge on any atom is 0.119 e. The summed E-state index contributed by atoms with van der Waals surface area (Å²) in [5.74, 6) is 2.98. The standard InChI is InChI=1S/C15H30P/c1-5-9-13-16(12-8-4,14-10-6-2)15-11-7-3/h4H,5-7,9-15H2,1-3H3/q+1. The van der Waals surface area contributed by atoms with Crippen LogP contribution in [-0.2, 0) is 0 Å². The van der Waals surface area contributed by atoms with E-state index in [0.717, 1.165) is 6.16 Å². The van der Waals surface area contributed by atoms with Crippen molar-refractivity contribution in [2.75, 3.05) is 24.6 Å². The van der Waals surface area contributed by atoms with Crippen molar-refractivity contribution >= 4 is 7.26 Å².